The summed E-state index contributed by atoms with van der Waals surface area (Å²) in [4.78, 5) is 30.6. The Balaban J connectivity index is 1.77. The van der Waals surface area contributed by atoms with Crippen molar-refractivity contribution in [2.75, 3.05) is 18.4 Å². The summed E-state index contributed by atoms with van der Waals surface area (Å²) in [6.45, 7) is 1.30. The molecular weight excluding hydrogens is 359 g/mol. The molecule has 27 heavy (non-hydrogen) atoms. The first-order valence-corrected chi connectivity index (χ1v) is 8.66. The minimum atomic E-state index is -1.67. The number of rotatable bonds is 3. The summed E-state index contributed by atoms with van der Waals surface area (Å²) in [6, 6.07) is 2.99. The van der Waals surface area contributed by atoms with E-state index in [1.165, 1.54) is 18.5 Å². The van der Waals surface area contributed by atoms with Gasteiger partial charge in [0.25, 0.3) is 11.8 Å². The monoisotopic (exact) mass is 377 g/mol. The van der Waals surface area contributed by atoms with Gasteiger partial charge in [-0.1, -0.05) is 12.8 Å². The van der Waals surface area contributed by atoms with Gasteiger partial charge in [-0.3, -0.25) is 14.6 Å². The van der Waals surface area contributed by atoms with E-state index in [0.29, 0.717) is 19.2 Å². The molecule has 1 aromatic carbocycles. The van der Waals surface area contributed by atoms with Crippen LogP contribution in [-0.2, 0) is 0 Å². The number of benzene rings is 1. The fourth-order valence-corrected chi connectivity index (χ4v) is 2.95. The highest BCUT2D eigenvalue weighted by atomic mass is 19.2. The standard InChI is InChI=1S/C19H18F3N3O2/c20-14-5-6-15(17(22)16(14)21)24-18(26)12-9-13(11-23-10-12)19(27)25-7-3-1-2-4-8-25/h5-6,9-11H,1-4,7-8H2,(H,24,26). The zero-order valence-electron chi connectivity index (χ0n) is 14.5. The maximum Gasteiger partial charge on any atom is 0.257 e. The van der Waals surface area contributed by atoms with Crippen LogP contribution in [-0.4, -0.2) is 34.8 Å². The molecule has 1 aliphatic rings. The van der Waals surface area contributed by atoms with E-state index in [0.717, 1.165) is 31.7 Å². The Bertz CT molecular complexity index is 865. The second-order valence-electron chi connectivity index (χ2n) is 6.35. The number of likely N-dealkylation sites (tertiary alicyclic amines) is 1. The maximum atomic E-state index is 13.7. The molecule has 8 heteroatoms. The van der Waals surface area contributed by atoms with Crippen molar-refractivity contribution >= 4 is 17.5 Å². The molecule has 1 fully saturated rings. The molecule has 0 radical (unpaired) electrons. The average molecular weight is 377 g/mol. The van der Waals surface area contributed by atoms with Crippen LogP contribution in [0.4, 0.5) is 18.9 Å². The van der Waals surface area contributed by atoms with Gasteiger partial charge in [-0.15, -0.1) is 0 Å². The second-order valence-corrected chi connectivity index (χ2v) is 6.35. The van der Waals surface area contributed by atoms with E-state index >= 15 is 0 Å². The SMILES string of the molecule is O=C(Nc1ccc(F)c(F)c1F)c1cncc(C(=O)N2CCCCCC2)c1. The van der Waals surface area contributed by atoms with Crippen LogP contribution >= 0.6 is 0 Å². The predicted molar refractivity (Wildman–Crippen MR) is 92.9 cm³/mol. The molecule has 2 aromatic rings. The molecule has 0 aliphatic carbocycles. The van der Waals surface area contributed by atoms with Gasteiger partial charge in [0.1, 0.15) is 0 Å². The number of aromatic nitrogens is 1. The number of hydrogen-bond acceptors (Lipinski definition) is 3. The number of hydrogen-bond donors (Lipinski definition) is 1. The van der Waals surface area contributed by atoms with E-state index in [-0.39, 0.29) is 17.0 Å². The van der Waals surface area contributed by atoms with Gasteiger partial charge in [-0.05, 0) is 31.0 Å². The Morgan fingerprint density at radius 2 is 1.59 bits per heavy atom. The van der Waals surface area contributed by atoms with Gasteiger partial charge < -0.3 is 10.2 Å². The van der Waals surface area contributed by atoms with Crippen LogP contribution in [0.25, 0.3) is 0 Å². The van der Waals surface area contributed by atoms with Crippen LogP contribution < -0.4 is 5.32 Å². The summed E-state index contributed by atoms with van der Waals surface area (Å²) in [5.74, 6) is -5.52. The van der Waals surface area contributed by atoms with Crippen molar-refractivity contribution in [2.24, 2.45) is 0 Å². The molecule has 2 amide bonds. The van der Waals surface area contributed by atoms with Crippen LogP contribution in [0.5, 0.6) is 0 Å². The topological polar surface area (TPSA) is 62.3 Å². The lowest BCUT2D eigenvalue weighted by molar-refractivity contribution is 0.0761. The van der Waals surface area contributed by atoms with Crippen molar-refractivity contribution in [3.63, 3.8) is 0 Å². The van der Waals surface area contributed by atoms with Gasteiger partial charge in [-0.2, -0.15) is 0 Å². The first-order valence-electron chi connectivity index (χ1n) is 8.66. The van der Waals surface area contributed by atoms with Crippen LogP contribution in [0.15, 0.2) is 30.6 Å². The van der Waals surface area contributed by atoms with Crippen LogP contribution in [0, 0.1) is 17.5 Å². The van der Waals surface area contributed by atoms with Crippen LogP contribution in [0.1, 0.15) is 46.4 Å². The smallest absolute Gasteiger partial charge is 0.257 e. The van der Waals surface area contributed by atoms with Crippen molar-refractivity contribution < 1.29 is 22.8 Å². The third-order valence-electron chi connectivity index (χ3n) is 4.42. The molecule has 5 nitrogen and oxygen atoms in total. The molecule has 142 valence electrons. The number of carbonyl (C=O) groups is 2. The number of nitrogens with zero attached hydrogens (tertiary/aromatic N) is 2. The molecule has 0 saturated carbocycles. The number of anilines is 1. The summed E-state index contributed by atoms with van der Waals surface area (Å²) in [5, 5.41) is 2.16. The molecule has 0 unspecified atom stereocenters. The number of pyridine rings is 1. The van der Waals surface area contributed by atoms with E-state index in [1.807, 2.05) is 0 Å². The quantitative estimate of drug-likeness (QED) is 0.829. The molecule has 1 N–H and O–H groups in total. The van der Waals surface area contributed by atoms with Gasteiger partial charge in [0, 0.05) is 25.5 Å². The number of amides is 2. The van der Waals surface area contributed by atoms with E-state index in [4.69, 9.17) is 0 Å². The Kier molecular flexibility index (Phi) is 5.73. The Labute approximate surface area is 154 Å². The first kappa shape index (κ1) is 18.9. The average Bonchev–Trinajstić information content (AvgIpc) is 2.97. The number of carbonyl (C=O) groups excluding carboxylic acids is 2. The van der Waals surface area contributed by atoms with E-state index in [2.05, 4.69) is 10.3 Å². The Morgan fingerprint density at radius 1 is 0.926 bits per heavy atom. The summed E-state index contributed by atoms with van der Waals surface area (Å²) < 4.78 is 40.0. The van der Waals surface area contributed by atoms with Crippen molar-refractivity contribution in [3.8, 4) is 0 Å². The van der Waals surface area contributed by atoms with Crippen molar-refractivity contribution in [2.45, 2.75) is 25.7 Å². The van der Waals surface area contributed by atoms with Crippen LogP contribution in [0.3, 0.4) is 0 Å². The molecule has 0 atom stereocenters. The minimum absolute atomic E-state index is 0.0137. The van der Waals surface area contributed by atoms with Crippen molar-refractivity contribution in [1.29, 1.82) is 0 Å². The third-order valence-corrected chi connectivity index (χ3v) is 4.42. The van der Waals surface area contributed by atoms with Gasteiger partial charge >= 0.3 is 0 Å². The lowest BCUT2D eigenvalue weighted by atomic mass is 10.1. The normalized spacial score (nSPS) is 14.6. The largest absolute Gasteiger partial charge is 0.339 e. The summed E-state index contributed by atoms with van der Waals surface area (Å²) in [6.07, 6.45) is 6.58. The van der Waals surface area contributed by atoms with Gasteiger partial charge in [0.05, 0.1) is 16.8 Å². The lowest BCUT2D eigenvalue weighted by Gasteiger charge is -2.20. The fraction of sp³-hybridized carbons (Fsp3) is 0.316. The van der Waals surface area contributed by atoms with Gasteiger partial charge in [-0.25, -0.2) is 13.2 Å². The molecule has 1 aliphatic heterocycles. The highest BCUT2D eigenvalue weighted by Crippen LogP contribution is 2.20. The fourth-order valence-electron chi connectivity index (χ4n) is 2.95. The Morgan fingerprint density at radius 3 is 2.30 bits per heavy atom. The lowest BCUT2D eigenvalue weighted by Crippen LogP contribution is -2.32. The molecule has 1 saturated heterocycles. The maximum absolute atomic E-state index is 13.7. The minimum Gasteiger partial charge on any atom is -0.339 e. The van der Waals surface area contributed by atoms with E-state index < -0.39 is 29.0 Å². The molecule has 0 bridgehead atoms. The third kappa shape index (κ3) is 4.27. The summed E-state index contributed by atoms with van der Waals surface area (Å²) in [7, 11) is 0. The summed E-state index contributed by atoms with van der Waals surface area (Å²) in [5.41, 5.74) is -0.238. The predicted octanol–water partition coefficient (Wildman–Crippen LogP) is 3.77. The highest BCUT2D eigenvalue weighted by Gasteiger charge is 2.20. The van der Waals surface area contributed by atoms with Crippen molar-refractivity contribution in [1.82, 2.24) is 9.88 Å². The molecule has 0 spiro atoms. The van der Waals surface area contributed by atoms with Crippen LogP contribution in [0.2, 0.25) is 0 Å². The molecule has 1 aromatic heterocycles. The van der Waals surface area contributed by atoms with E-state index in [9.17, 15) is 22.8 Å². The number of halogens is 3. The molecule has 3 rings (SSSR count). The van der Waals surface area contributed by atoms with Crippen molar-refractivity contribution in [3.05, 3.63) is 59.2 Å². The number of nitrogens with one attached hydrogen (secondary N) is 1. The highest BCUT2D eigenvalue weighted by molar-refractivity contribution is 6.05. The van der Waals surface area contributed by atoms with Gasteiger partial charge in [0.2, 0.25) is 0 Å². The first-order chi connectivity index (χ1) is 13.0. The zero-order chi connectivity index (χ0) is 19.4. The molecular formula is C19H18F3N3O2. The summed E-state index contributed by atoms with van der Waals surface area (Å²) >= 11 is 0. The van der Waals surface area contributed by atoms with E-state index in [1.54, 1.807) is 4.90 Å². The molecule has 2 heterocycles. The van der Waals surface area contributed by atoms with Gasteiger partial charge in [0.15, 0.2) is 17.5 Å². The zero-order valence-corrected chi connectivity index (χ0v) is 14.5. The Hall–Kier alpha value is -2.90. The second kappa shape index (κ2) is 8.20.